The Bertz CT molecular complexity index is 723. The lowest BCUT2D eigenvalue weighted by Gasteiger charge is -2.18. The zero-order chi connectivity index (χ0) is 18.2. The minimum Gasteiger partial charge on any atom is -0.340 e. The van der Waals surface area contributed by atoms with Crippen LogP contribution in [0.2, 0.25) is 5.02 Å². The smallest absolute Gasteiger partial charge is 0.251 e. The van der Waals surface area contributed by atoms with Gasteiger partial charge in [0.15, 0.2) is 0 Å². The number of anilines is 1. The lowest BCUT2D eigenvalue weighted by molar-refractivity contribution is -0.118. The maximum Gasteiger partial charge on any atom is 0.251 e. The standard InChI is InChI=1S/C18H18BrClN2O2S/c1-25-11-10-16(18(24)21-15-8-4-13(19)5-9-15)22-17(23)12-2-6-14(20)7-3-12/h2-9,16H,10-11H2,1H3,(H,21,24)(H,22,23). The summed E-state index contributed by atoms with van der Waals surface area (Å²) in [5, 5.41) is 6.20. The molecule has 2 aromatic rings. The molecule has 0 fully saturated rings. The van der Waals surface area contributed by atoms with Crippen LogP contribution in [-0.2, 0) is 4.79 Å². The summed E-state index contributed by atoms with van der Waals surface area (Å²) in [7, 11) is 0. The van der Waals surface area contributed by atoms with Gasteiger partial charge in [0.05, 0.1) is 0 Å². The van der Waals surface area contributed by atoms with E-state index in [1.54, 1.807) is 48.2 Å². The van der Waals surface area contributed by atoms with Crippen molar-refractivity contribution in [2.24, 2.45) is 0 Å². The van der Waals surface area contributed by atoms with E-state index in [4.69, 9.17) is 11.6 Å². The van der Waals surface area contributed by atoms with Gasteiger partial charge in [0, 0.05) is 20.7 Å². The van der Waals surface area contributed by atoms with Crippen LogP contribution in [0.1, 0.15) is 16.8 Å². The number of thioether (sulfide) groups is 1. The molecule has 0 bridgehead atoms. The number of halogens is 2. The Kier molecular flexibility index (Phi) is 7.81. The third-order valence-electron chi connectivity index (χ3n) is 3.45. The summed E-state index contributed by atoms with van der Waals surface area (Å²) in [6.07, 6.45) is 2.51. The van der Waals surface area contributed by atoms with Gasteiger partial charge in [0.2, 0.25) is 5.91 Å². The van der Waals surface area contributed by atoms with Crippen molar-refractivity contribution in [3.8, 4) is 0 Å². The third-order valence-corrected chi connectivity index (χ3v) is 4.88. The fourth-order valence-electron chi connectivity index (χ4n) is 2.11. The molecule has 2 N–H and O–H groups in total. The van der Waals surface area contributed by atoms with Crippen LogP contribution in [0.5, 0.6) is 0 Å². The van der Waals surface area contributed by atoms with E-state index in [-0.39, 0.29) is 11.8 Å². The van der Waals surface area contributed by atoms with Gasteiger partial charge in [-0.1, -0.05) is 27.5 Å². The zero-order valence-electron chi connectivity index (χ0n) is 13.6. The summed E-state index contributed by atoms with van der Waals surface area (Å²) in [5.74, 6) is 0.228. The number of carbonyl (C=O) groups is 2. The van der Waals surface area contributed by atoms with Gasteiger partial charge in [0.25, 0.3) is 5.91 Å². The number of carbonyl (C=O) groups excluding carboxylic acids is 2. The Hall–Kier alpha value is -1.50. The van der Waals surface area contributed by atoms with E-state index in [9.17, 15) is 9.59 Å². The molecule has 0 radical (unpaired) electrons. The van der Waals surface area contributed by atoms with Gasteiger partial charge in [-0.25, -0.2) is 0 Å². The summed E-state index contributed by atoms with van der Waals surface area (Å²) in [6.45, 7) is 0. The Labute approximate surface area is 164 Å². The van der Waals surface area contributed by atoms with Crippen LogP contribution in [0.15, 0.2) is 53.0 Å². The summed E-state index contributed by atoms with van der Waals surface area (Å²) in [5.41, 5.74) is 1.15. The number of benzene rings is 2. The van der Waals surface area contributed by atoms with Crippen molar-refractivity contribution >= 4 is 56.8 Å². The molecule has 0 aliphatic carbocycles. The third kappa shape index (κ3) is 6.38. The molecule has 132 valence electrons. The molecular weight excluding hydrogens is 424 g/mol. The number of hydrogen-bond acceptors (Lipinski definition) is 3. The highest BCUT2D eigenvalue weighted by atomic mass is 79.9. The van der Waals surface area contributed by atoms with Crippen molar-refractivity contribution in [3.63, 3.8) is 0 Å². The van der Waals surface area contributed by atoms with Crippen molar-refractivity contribution in [1.29, 1.82) is 0 Å². The SMILES string of the molecule is CSCCC(NC(=O)c1ccc(Cl)cc1)C(=O)Nc1ccc(Br)cc1. The van der Waals surface area contributed by atoms with E-state index < -0.39 is 6.04 Å². The highest BCUT2D eigenvalue weighted by Crippen LogP contribution is 2.15. The second-order valence-electron chi connectivity index (χ2n) is 5.31. The summed E-state index contributed by atoms with van der Waals surface area (Å²) >= 11 is 10.8. The molecule has 0 aliphatic rings. The Balaban J connectivity index is 2.06. The average Bonchev–Trinajstić information content (AvgIpc) is 2.61. The van der Waals surface area contributed by atoms with Gasteiger partial charge in [-0.3, -0.25) is 9.59 Å². The number of rotatable bonds is 7. The Morgan fingerprint density at radius 1 is 1.12 bits per heavy atom. The van der Waals surface area contributed by atoms with E-state index >= 15 is 0 Å². The first kappa shape index (κ1) is 19.8. The van der Waals surface area contributed by atoms with Crippen LogP contribution >= 0.6 is 39.3 Å². The van der Waals surface area contributed by atoms with Gasteiger partial charge in [-0.2, -0.15) is 11.8 Å². The van der Waals surface area contributed by atoms with Gasteiger partial charge < -0.3 is 10.6 Å². The first-order valence-electron chi connectivity index (χ1n) is 7.61. The fraction of sp³-hybridized carbons (Fsp3) is 0.222. The van der Waals surface area contributed by atoms with Crippen molar-refractivity contribution in [3.05, 3.63) is 63.6 Å². The van der Waals surface area contributed by atoms with Crippen LogP contribution in [0.25, 0.3) is 0 Å². The summed E-state index contributed by atoms with van der Waals surface area (Å²) in [4.78, 5) is 24.9. The molecule has 0 heterocycles. The largest absolute Gasteiger partial charge is 0.340 e. The maximum absolute atomic E-state index is 12.6. The topological polar surface area (TPSA) is 58.2 Å². The van der Waals surface area contributed by atoms with Gasteiger partial charge in [0.1, 0.15) is 6.04 Å². The normalized spacial score (nSPS) is 11.6. The van der Waals surface area contributed by atoms with Crippen LogP contribution in [-0.4, -0.2) is 29.9 Å². The Morgan fingerprint density at radius 2 is 1.76 bits per heavy atom. The molecular formula is C18H18BrClN2O2S. The second-order valence-corrected chi connectivity index (χ2v) is 7.65. The van der Waals surface area contributed by atoms with Gasteiger partial charge in [-0.15, -0.1) is 0 Å². The predicted molar refractivity (Wildman–Crippen MR) is 108 cm³/mol. The monoisotopic (exact) mass is 440 g/mol. The highest BCUT2D eigenvalue weighted by Gasteiger charge is 2.21. The molecule has 2 rings (SSSR count). The molecule has 0 saturated carbocycles. The van der Waals surface area contributed by atoms with E-state index in [0.29, 0.717) is 22.7 Å². The first-order valence-corrected chi connectivity index (χ1v) is 10.2. The van der Waals surface area contributed by atoms with Gasteiger partial charge in [-0.05, 0) is 67.0 Å². The van der Waals surface area contributed by atoms with E-state index in [2.05, 4.69) is 26.6 Å². The molecule has 0 spiro atoms. The molecule has 25 heavy (non-hydrogen) atoms. The molecule has 1 atom stereocenters. The molecule has 2 amide bonds. The minimum absolute atomic E-state index is 0.237. The Morgan fingerprint density at radius 3 is 2.36 bits per heavy atom. The quantitative estimate of drug-likeness (QED) is 0.660. The number of amides is 2. The minimum atomic E-state index is -0.612. The van der Waals surface area contributed by atoms with Crippen molar-refractivity contribution in [2.75, 3.05) is 17.3 Å². The van der Waals surface area contributed by atoms with Gasteiger partial charge >= 0.3 is 0 Å². The molecule has 0 aliphatic heterocycles. The summed E-state index contributed by atoms with van der Waals surface area (Å²) in [6, 6.07) is 13.2. The van der Waals surface area contributed by atoms with E-state index in [1.165, 1.54) is 0 Å². The van der Waals surface area contributed by atoms with Crippen molar-refractivity contribution in [2.45, 2.75) is 12.5 Å². The molecule has 4 nitrogen and oxygen atoms in total. The highest BCUT2D eigenvalue weighted by molar-refractivity contribution is 9.10. The van der Waals surface area contributed by atoms with E-state index in [0.717, 1.165) is 10.2 Å². The second kappa shape index (κ2) is 9.85. The van der Waals surface area contributed by atoms with Crippen LogP contribution in [0.3, 0.4) is 0 Å². The van der Waals surface area contributed by atoms with Crippen molar-refractivity contribution in [1.82, 2.24) is 5.32 Å². The van der Waals surface area contributed by atoms with Crippen LogP contribution in [0.4, 0.5) is 5.69 Å². The summed E-state index contributed by atoms with van der Waals surface area (Å²) < 4.78 is 0.931. The van der Waals surface area contributed by atoms with Crippen molar-refractivity contribution < 1.29 is 9.59 Å². The molecule has 7 heteroatoms. The lowest BCUT2D eigenvalue weighted by Crippen LogP contribution is -2.44. The molecule has 0 aromatic heterocycles. The predicted octanol–water partition coefficient (Wildman–Crippen LogP) is 4.59. The number of nitrogens with one attached hydrogen (secondary N) is 2. The zero-order valence-corrected chi connectivity index (χ0v) is 16.7. The fourth-order valence-corrected chi connectivity index (χ4v) is 2.97. The van der Waals surface area contributed by atoms with Crippen LogP contribution in [0, 0.1) is 0 Å². The molecule has 2 aromatic carbocycles. The lowest BCUT2D eigenvalue weighted by atomic mass is 10.1. The van der Waals surface area contributed by atoms with E-state index in [1.807, 2.05) is 18.4 Å². The maximum atomic E-state index is 12.6. The first-order chi connectivity index (χ1) is 12.0. The van der Waals surface area contributed by atoms with Crippen LogP contribution < -0.4 is 10.6 Å². The molecule has 0 saturated heterocycles. The number of hydrogen-bond donors (Lipinski definition) is 2. The molecule has 1 unspecified atom stereocenters. The average molecular weight is 442 g/mol.